The maximum Gasteiger partial charge on any atom is 0.261 e. The molecular weight excluding hydrogens is 244 g/mol. The van der Waals surface area contributed by atoms with Crippen LogP contribution in [0, 0.1) is 0 Å². The van der Waals surface area contributed by atoms with Gasteiger partial charge in [-0.25, -0.2) is 0 Å². The SMILES string of the molecule is CNC(=O)c1sc2ccccc2c1C1CCNC1. The van der Waals surface area contributed by atoms with Crippen molar-refractivity contribution < 1.29 is 4.79 Å². The maximum atomic E-state index is 12.0. The van der Waals surface area contributed by atoms with E-state index in [0.717, 1.165) is 24.4 Å². The largest absolute Gasteiger partial charge is 0.354 e. The highest BCUT2D eigenvalue weighted by Crippen LogP contribution is 2.38. The number of nitrogens with one attached hydrogen (secondary N) is 2. The number of carbonyl (C=O) groups excluding carboxylic acids is 1. The molecule has 0 saturated carbocycles. The van der Waals surface area contributed by atoms with Crippen LogP contribution in [0.25, 0.3) is 10.1 Å². The Labute approximate surface area is 110 Å². The van der Waals surface area contributed by atoms with Crippen molar-refractivity contribution in [1.29, 1.82) is 0 Å². The van der Waals surface area contributed by atoms with E-state index in [9.17, 15) is 4.79 Å². The van der Waals surface area contributed by atoms with Crippen LogP contribution in [0.3, 0.4) is 0 Å². The quantitative estimate of drug-likeness (QED) is 0.870. The summed E-state index contributed by atoms with van der Waals surface area (Å²) in [5, 5.41) is 7.38. The molecule has 1 aromatic heterocycles. The molecule has 2 heterocycles. The van der Waals surface area contributed by atoms with Crippen LogP contribution in [-0.2, 0) is 0 Å². The smallest absolute Gasteiger partial charge is 0.261 e. The van der Waals surface area contributed by atoms with Crippen LogP contribution in [0.5, 0.6) is 0 Å². The third-order valence-electron chi connectivity index (χ3n) is 3.54. The Kier molecular flexibility index (Phi) is 3.06. The standard InChI is InChI=1S/C14H16N2OS/c1-15-14(17)13-12(9-6-7-16-8-9)10-4-2-3-5-11(10)18-13/h2-5,9,16H,6-8H2,1H3,(H,15,17). The number of benzene rings is 1. The molecule has 2 aromatic rings. The van der Waals surface area contributed by atoms with Gasteiger partial charge in [0, 0.05) is 18.3 Å². The third kappa shape index (κ3) is 1.82. The Morgan fingerprint density at radius 1 is 1.44 bits per heavy atom. The first-order valence-corrected chi connectivity index (χ1v) is 7.07. The lowest BCUT2D eigenvalue weighted by Crippen LogP contribution is -2.19. The molecule has 0 radical (unpaired) electrons. The van der Waals surface area contributed by atoms with Crippen LogP contribution in [0.15, 0.2) is 24.3 Å². The van der Waals surface area contributed by atoms with Gasteiger partial charge in [-0.1, -0.05) is 18.2 Å². The molecule has 0 spiro atoms. The molecule has 3 rings (SSSR count). The van der Waals surface area contributed by atoms with Crippen LogP contribution in [0.1, 0.15) is 27.6 Å². The molecule has 0 bridgehead atoms. The summed E-state index contributed by atoms with van der Waals surface area (Å²) in [6.07, 6.45) is 1.12. The summed E-state index contributed by atoms with van der Waals surface area (Å²) < 4.78 is 1.21. The first-order chi connectivity index (χ1) is 8.81. The van der Waals surface area contributed by atoms with E-state index in [4.69, 9.17) is 0 Å². The summed E-state index contributed by atoms with van der Waals surface area (Å²) in [5.41, 5.74) is 1.24. The highest BCUT2D eigenvalue weighted by Gasteiger charge is 2.26. The lowest BCUT2D eigenvalue weighted by molar-refractivity contribution is 0.0966. The first-order valence-electron chi connectivity index (χ1n) is 6.25. The van der Waals surface area contributed by atoms with Gasteiger partial charge in [0.05, 0.1) is 4.88 Å². The molecular formula is C14H16N2OS. The summed E-state index contributed by atoms with van der Waals surface area (Å²) in [5.74, 6) is 0.506. The minimum Gasteiger partial charge on any atom is -0.354 e. The number of rotatable bonds is 2. The van der Waals surface area contributed by atoms with Crippen LogP contribution in [0.4, 0.5) is 0 Å². The molecule has 1 unspecified atom stereocenters. The normalized spacial score (nSPS) is 19.3. The van der Waals surface area contributed by atoms with Gasteiger partial charge in [-0.05, 0) is 35.9 Å². The van der Waals surface area contributed by atoms with Crippen LogP contribution in [-0.4, -0.2) is 26.0 Å². The van der Waals surface area contributed by atoms with Gasteiger partial charge in [0.25, 0.3) is 5.91 Å². The highest BCUT2D eigenvalue weighted by molar-refractivity contribution is 7.21. The molecule has 0 aliphatic carbocycles. The Morgan fingerprint density at radius 2 is 2.28 bits per heavy atom. The van der Waals surface area contributed by atoms with E-state index in [-0.39, 0.29) is 5.91 Å². The number of thiophene rings is 1. The Morgan fingerprint density at radius 3 is 3.00 bits per heavy atom. The van der Waals surface area contributed by atoms with Crippen molar-refractivity contribution >= 4 is 27.3 Å². The highest BCUT2D eigenvalue weighted by atomic mass is 32.1. The lowest BCUT2D eigenvalue weighted by Gasteiger charge is -2.10. The van der Waals surface area contributed by atoms with E-state index in [1.807, 2.05) is 6.07 Å². The van der Waals surface area contributed by atoms with E-state index in [2.05, 4.69) is 28.8 Å². The molecule has 1 aromatic carbocycles. The Bertz CT molecular complexity index is 584. The number of hydrogen-bond acceptors (Lipinski definition) is 3. The van der Waals surface area contributed by atoms with Gasteiger partial charge in [-0.3, -0.25) is 4.79 Å². The molecule has 1 saturated heterocycles. The number of carbonyl (C=O) groups is 1. The predicted molar refractivity (Wildman–Crippen MR) is 75.4 cm³/mol. The van der Waals surface area contributed by atoms with E-state index in [1.54, 1.807) is 18.4 Å². The van der Waals surface area contributed by atoms with Gasteiger partial charge < -0.3 is 10.6 Å². The van der Waals surface area contributed by atoms with Gasteiger partial charge in [-0.15, -0.1) is 11.3 Å². The topological polar surface area (TPSA) is 41.1 Å². The molecule has 1 aliphatic heterocycles. The predicted octanol–water partition coefficient (Wildman–Crippen LogP) is 2.34. The van der Waals surface area contributed by atoms with E-state index >= 15 is 0 Å². The second-order valence-corrected chi connectivity index (χ2v) is 5.66. The van der Waals surface area contributed by atoms with E-state index in [0.29, 0.717) is 5.92 Å². The monoisotopic (exact) mass is 260 g/mol. The summed E-state index contributed by atoms with van der Waals surface area (Å²) in [7, 11) is 1.70. The zero-order valence-corrected chi connectivity index (χ0v) is 11.1. The van der Waals surface area contributed by atoms with Gasteiger partial charge in [0.2, 0.25) is 0 Å². The van der Waals surface area contributed by atoms with Gasteiger partial charge in [0.15, 0.2) is 0 Å². The molecule has 1 amide bonds. The van der Waals surface area contributed by atoms with Crippen LogP contribution < -0.4 is 10.6 Å². The van der Waals surface area contributed by atoms with Crippen molar-refractivity contribution in [1.82, 2.24) is 10.6 Å². The molecule has 1 atom stereocenters. The zero-order valence-electron chi connectivity index (χ0n) is 10.3. The number of hydrogen-bond donors (Lipinski definition) is 2. The molecule has 4 heteroatoms. The van der Waals surface area contributed by atoms with E-state index < -0.39 is 0 Å². The maximum absolute atomic E-state index is 12.0. The molecule has 3 nitrogen and oxygen atoms in total. The average Bonchev–Trinajstić information content (AvgIpc) is 3.03. The average molecular weight is 260 g/mol. The zero-order chi connectivity index (χ0) is 12.5. The summed E-state index contributed by atoms with van der Waals surface area (Å²) >= 11 is 1.60. The molecule has 1 fully saturated rings. The van der Waals surface area contributed by atoms with Crippen molar-refractivity contribution in [2.45, 2.75) is 12.3 Å². The fourth-order valence-electron chi connectivity index (χ4n) is 2.65. The van der Waals surface area contributed by atoms with Crippen molar-refractivity contribution in [3.05, 3.63) is 34.7 Å². The fraction of sp³-hybridized carbons (Fsp3) is 0.357. The van der Waals surface area contributed by atoms with Crippen molar-refractivity contribution in [3.63, 3.8) is 0 Å². The van der Waals surface area contributed by atoms with Crippen molar-refractivity contribution in [2.24, 2.45) is 0 Å². The van der Waals surface area contributed by atoms with Crippen molar-refractivity contribution in [3.8, 4) is 0 Å². The second-order valence-electron chi connectivity index (χ2n) is 4.61. The lowest BCUT2D eigenvalue weighted by atomic mass is 9.95. The minimum absolute atomic E-state index is 0.0399. The second kappa shape index (κ2) is 4.71. The van der Waals surface area contributed by atoms with Crippen LogP contribution in [0.2, 0.25) is 0 Å². The first kappa shape index (κ1) is 11.7. The summed E-state index contributed by atoms with van der Waals surface area (Å²) in [6.45, 7) is 2.02. The van der Waals surface area contributed by atoms with Gasteiger partial charge in [-0.2, -0.15) is 0 Å². The summed E-state index contributed by atoms with van der Waals surface area (Å²) in [6, 6.07) is 8.31. The van der Waals surface area contributed by atoms with Crippen LogP contribution >= 0.6 is 11.3 Å². The molecule has 18 heavy (non-hydrogen) atoms. The van der Waals surface area contributed by atoms with Gasteiger partial charge in [0.1, 0.15) is 0 Å². The summed E-state index contributed by atoms with van der Waals surface area (Å²) in [4.78, 5) is 12.9. The number of fused-ring (bicyclic) bond motifs is 1. The minimum atomic E-state index is 0.0399. The fourth-order valence-corrected chi connectivity index (χ4v) is 3.89. The Balaban J connectivity index is 2.20. The number of amides is 1. The third-order valence-corrected chi connectivity index (χ3v) is 4.72. The van der Waals surface area contributed by atoms with Crippen molar-refractivity contribution in [2.75, 3.05) is 20.1 Å². The Hall–Kier alpha value is -1.39. The molecule has 1 aliphatic rings. The molecule has 94 valence electrons. The van der Waals surface area contributed by atoms with E-state index in [1.165, 1.54) is 15.6 Å². The van der Waals surface area contributed by atoms with Gasteiger partial charge >= 0.3 is 0 Å². The molecule has 2 N–H and O–H groups in total.